The number of halogens is 2. The van der Waals surface area contributed by atoms with E-state index in [4.69, 9.17) is 16.9 Å². The van der Waals surface area contributed by atoms with Gasteiger partial charge in [0.15, 0.2) is 5.69 Å². The smallest absolute Gasteiger partial charge is 0.163 e. The van der Waals surface area contributed by atoms with Crippen molar-refractivity contribution in [2.75, 3.05) is 5.32 Å². The van der Waals surface area contributed by atoms with E-state index >= 15 is 0 Å². The molecule has 0 amide bonds. The molecule has 0 saturated heterocycles. The summed E-state index contributed by atoms with van der Waals surface area (Å²) in [4.78, 5) is 3.93. The average Bonchev–Trinajstić information content (AvgIpc) is 2.40. The van der Waals surface area contributed by atoms with E-state index in [1.807, 2.05) is 6.07 Å². The number of rotatable bonds is 3. The Balaban J connectivity index is 2.12. The zero-order chi connectivity index (χ0) is 13.0. The summed E-state index contributed by atoms with van der Waals surface area (Å²) in [7, 11) is 0. The van der Waals surface area contributed by atoms with E-state index in [9.17, 15) is 4.39 Å². The van der Waals surface area contributed by atoms with E-state index < -0.39 is 5.82 Å². The Morgan fingerprint density at radius 2 is 2.22 bits per heavy atom. The first-order valence-corrected chi connectivity index (χ1v) is 5.61. The third-order valence-corrected chi connectivity index (χ3v) is 2.67. The summed E-state index contributed by atoms with van der Waals surface area (Å²) in [6, 6.07) is 9.99. The topological polar surface area (TPSA) is 48.7 Å². The van der Waals surface area contributed by atoms with Crippen LogP contribution in [0.1, 0.15) is 11.3 Å². The monoisotopic (exact) mass is 261 g/mol. The van der Waals surface area contributed by atoms with E-state index in [0.717, 1.165) is 5.56 Å². The third-order valence-electron chi connectivity index (χ3n) is 2.38. The van der Waals surface area contributed by atoms with Gasteiger partial charge < -0.3 is 5.32 Å². The summed E-state index contributed by atoms with van der Waals surface area (Å²) >= 11 is 5.69. The molecule has 1 N–H and O–H groups in total. The normalized spacial score (nSPS) is 9.83. The molecule has 0 unspecified atom stereocenters. The highest BCUT2D eigenvalue weighted by Crippen LogP contribution is 2.18. The maximum atomic E-state index is 13.0. The molecule has 0 aliphatic rings. The number of hydrogen-bond acceptors (Lipinski definition) is 3. The number of anilines is 1. The lowest BCUT2D eigenvalue weighted by atomic mass is 10.2. The van der Waals surface area contributed by atoms with Crippen LogP contribution in [0.5, 0.6) is 0 Å². The Kier molecular flexibility index (Phi) is 3.75. The lowest BCUT2D eigenvalue weighted by Crippen LogP contribution is -2.02. The minimum absolute atomic E-state index is 0.0843. The number of nitrogens with zero attached hydrogens (tertiary/aromatic N) is 2. The van der Waals surface area contributed by atoms with E-state index in [1.54, 1.807) is 30.5 Å². The Morgan fingerprint density at radius 1 is 1.39 bits per heavy atom. The van der Waals surface area contributed by atoms with Crippen LogP contribution >= 0.6 is 11.6 Å². The number of benzene rings is 1. The van der Waals surface area contributed by atoms with Crippen molar-refractivity contribution in [3.63, 3.8) is 0 Å². The lowest BCUT2D eigenvalue weighted by molar-refractivity contribution is 0.627. The van der Waals surface area contributed by atoms with Crippen molar-refractivity contribution in [3.05, 3.63) is 58.6 Å². The van der Waals surface area contributed by atoms with Gasteiger partial charge in [-0.15, -0.1) is 0 Å². The quantitative estimate of drug-likeness (QED) is 0.922. The second kappa shape index (κ2) is 5.48. The molecule has 0 aliphatic carbocycles. The zero-order valence-corrected chi connectivity index (χ0v) is 10.1. The molecular weight excluding hydrogens is 253 g/mol. The summed E-state index contributed by atoms with van der Waals surface area (Å²) < 4.78 is 13.0. The number of aromatic nitrogens is 1. The molecule has 1 aromatic carbocycles. The molecule has 2 rings (SSSR count). The minimum atomic E-state index is -0.445. The molecule has 2 aromatic rings. The summed E-state index contributed by atoms with van der Waals surface area (Å²) in [5.74, 6) is -0.445. The minimum Gasteiger partial charge on any atom is -0.379 e. The van der Waals surface area contributed by atoms with Crippen molar-refractivity contribution in [3.8, 4) is 6.07 Å². The molecule has 5 heteroatoms. The Labute approximate surface area is 109 Å². The summed E-state index contributed by atoms with van der Waals surface area (Å²) in [6.45, 7) is 0.445. The van der Waals surface area contributed by atoms with E-state index in [-0.39, 0.29) is 5.02 Å². The SMILES string of the molecule is N#Cc1ncccc1NCc1ccc(F)c(Cl)c1. The van der Waals surface area contributed by atoms with Gasteiger partial charge in [-0.1, -0.05) is 17.7 Å². The summed E-state index contributed by atoms with van der Waals surface area (Å²) in [6.07, 6.45) is 1.55. The van der Waals surface area contributed by atoms with Crippen LogP contribution in [0.15, 0.2) is 36.5 Å². The predicted octanol–water partition coefficient (Wildman–Crippen LogP) is 3.36. The summed E-state index contributed by atoms with van der Waals surface area (Å²) in [5.41, 5.74) is 1.79. The predicted molar refractivity (Wildman–Crippen MR) is 67.7 cm³/mol. The first-order valence-electron chi connectivity index (χ1n) is 5.23. The van der Waals surface area contributed by atoms with Crippen molar-refractivity contribution in [2.45, 2.75) is 6.54 Å². The Morgan fingerprint density at radius 3 is 2.94 bits per heavy atom. The molecule has 90 valence electrons. The van der Waals surface area contributed by atoms with Crippen LogP contribution in [-0.4, -0.2) is 4.98 Å². The zero-order valence-electron chi connectivity index (χ0n) is 9.32. The molecular formula is C13H9ClFN3. The Bertz CT molecular complexity index is 607. The fourth-order valence-electron chi connectivity index (χ4n) is 1.48. The molecule has 0 bridgehead atoms. The number of nitrogens with one attached hydrogen (secondary N) is 1. The third kappa shape index (κ3) is 2.76. The molecule has 0 atom stereocenters. The molecule has 1 aromatic heterocycles. The van der Waals surface area contributed by atoms with Gasteiger partial charge in [-0.3, -0.25) is 0 Å². The van der Waals surface area contributed by atoms with Crippen molar-refractivity contribution in [1.29, 1.82) is 5.26 Å². The fraction of sp³-hybridized carbons (Fsp3) is 0.0769. The lowest BCUT2D eigenvalue weighted by Gasteiger charge is -2.07. The second-order valence-corrected chi connectivity index (χ2v) is 4.02. The maximum Gasteiger partial charge on any atom is 0.163 e. The fourth-order valence-corrected chi connectivity index (χ4v) is 1.69. The average molecular weight is 262 g/mol. The molecule has 0 fully saturated rings. The molecule has 0 radical (unpaired) electrons. The van der Waals surface area contributed by atoms with Crippen LogP contribution in [0.4, 0.5) is 10.1 Å². The first kappa shape index (κ1) is 12.3. The van der Waals surface area contributed by atoms with E-state index in [1.165, 1.54) is 6.07 Å². The summed E-state index contributed by atoms with van der Waals surface area (Å²) in [5, 5.41) is 12.0. The van der Waals surface area contributed by atoms with E-state index in [2.05, 4.69) is 10.3 Å². The van der Waals surface area contributed by atoms with Gasteiger partial charge in [0.1, 0.15) is 11.9 Å². The molecule has 0 saturated carbocycles. The number of nitriles is 1. The van der Waals surface area contributed by atoms with Gasteiger partial charge in [-0.05, 0) is 29.8 Å². The highest BCUT2D eigenvalue weighted by Gasteiger charge is 2.03. The Hall–Kier alpha value is -2.12. The van der Waals surface area contributed by atoms with Crippen molar-refractivity contribution in [2.24, 2.45) is 0 Å². The van der Waals surface area contributed by atoms with Gasteiger partial charge in [-0.25, -0.2) is 9.37 Å². The maximum absolute atomic E-state index is 13.0. The second-order valence-electron chi connectivity index (χ2n) is 3.61. The molecule has 1 heterocycles. The van der Waals surface area contributed by atoms with Crippen LogP contribution in [-0.2, 0) is 6.54 Å². The van der Waals surface area contributed by atoms with Gasteiger partial charge in [0.25, 0.3) is 0 Å². The van der Waals surface area contributed by atoms with Gasteiger partial charge in [0, 0.05) is 12.7 Å². The van der Waals surface area contributed by atoms with Crippen LogP contribution in [0, 0.1) is 17.1 Å². The largest absolute Gasteiger partial charge is 0.379 e. The highest BCUT2D eigenvalue weighted by atomic mass is 35.5. The highest BCUT2D eigenvalue weighted by molar-refractivity contribution is 6.30. The molecule has 0 aliphatic heterocycles. The van der Waals surface area contributed by atoms with Crippen molar-refractivity contribution in [1.82, 2.24) is 4.98 Å². The standard InChI is InChI=1S/C13H9ClFN3/c14-10-6-9(3-4-11(10)15)8-18-12-2-1-5-17-13(12)7-16/h1-6,18H,8H2. The first-order chi connectivity index (χ1) is 8.70. The molecule has 18 heavy (non-hydrogen) atoms. The van der Waals surface area contributed by atoms with Gasteiger partial charge >= 0.3 is 0 Å². The van der Waals surface area contributed by atoms with Gasteiger partial charge in [-0.2, -0.15) is 5.26 Å². The number of pyridine rings is 1. The van der Waals surface area contributed by atoms with Crippen LogP contribution in [0.2, 0.25) is 5.02 Å². The van der Waals surface area contributed by atoms with Crippen LogP contribution in [0.3, 0.4) is 0 Å². The van der Waals surface area contributed by atoms with E-state index in [0.29, 0.717) is 17.9 Å². The van der Waals surface area contributed by atoms with Gasteiger partial charge in [0.2, 0.25) is 0 Å². The van der Waals surface area contributed by atoms with Crippen LogP contribution in [0.25, 0.3) is 0 Å². The van der Waals surface area contributed by atoms with Crippen LogP contribution < -0.4 is 5.32 Å². The van der Waals surface area contributed by atoms with Gasteiger partial charge in [0.05, 0.1) is 10.7 Å². The van der Waals surface area contributed by atoms with Crippen molar-refractivity contribution >= 4 is 17.3 Å². The van der Waals surface area contributed by atoms with Crippen molar-refractivity contribution < 1.29 is 4.39 Å². The molecule has 0 spiro atoms. The number of hydrogen-bond donors (Lipinski definition) is 1. The molecule has 3 nitrogen and oxygen atoms in total.